The zero-order chi connectivity index (χ0) is 13.1. The number of nitrogens with zero attached hydrogens (tertiary/aromatic N) is 1. The molecule has 2 nitrogen and oxygen atoms in total. The predicted molar refractivity (Wildman–Crippen MR) is 73.0 cm³/mol. The van der Waals surface area contributed by atoms with Gasteiger partial charge in [0.05, 0.1) is 0 Å². The minimum atomic E-state index is 0.136. The topological polar surface area (TPSA) is 30.0 Å². The maximum Gasteiger partial charge on any atom is 0.160 e. The number of carbonyl (C=O) groups excluding carboxylic acids is 1. The van der Waals surface area contributed by atoms with Crippen LogP contribution in [0.5, 0.6) is 0 Å². The van der Waals surface area contributed by atoms with Crippen molar-refractivity contribution in [1.82, 2.24) is 4.98 Å². The monoisotopic (exact) mass is 239 g/mol. The van der Waals surface area contributed by atoms with Crippen molar-refractivity contribution in [2.45, 2.75) is 27.2 Å². The van der Waals surface area contributed by atoms with Gasteiger partial charge in [0.25, 0.3) is 0 Å². The van der Waals surface area contributed by atoms with E-state index >= 15 is 0 Å². The molecular weight excluding hydrogens is 222 g/mol. The Morgan fingerprint density at radius 3 is 2.44 bits per heavy atom. The first-order valence-electron chi connectivity index (χ1n) is 6.08. The molecule has 1 heterocycles. The summed E-state index contributed by atoms with van der Waals surface area (Å²) < 4.78 is 0. The van der Waals surface area contributed by atoms with Crippen molar-refractivity contribution in [2.75, 3.05) is 0 Å². The third-order valence-corrected chi connectivity index (χ3v) is 3.06. The number of aromatic nitrogens is 1. The van der Waals surface area contributed by atoms with E-state index in [1.807, 2.05) is 19.1 Å². The van der Waals surface area contributed by atoms with E-state index in [-0.39, 0.29) is 5.78 Å². The molecule has 1 aromatic carbocycles. The molecule has 0 aliphatic carbocycles. The van der Waals surface area contributed by atoms with Crippen LogP contribution in [-0.4, -0.2) is 10.8 Å². The number of aryl methyl sites for hydroxylation is 2. The van der Waals surface area contributed by atoms with Crippen LogP contribution in [0.1, 0.15) is 39.5 Å². The first-order valence-corrected chi connectivity index (χ1v) is 6.08. The largest absolute Gasteiger partial charge is 0.294 e. The van der Waals surface area contributed by atoms with Gasteiger partial charge < -0.3 is 0 Å². The summed E-state index contributed by atoms with van der Waals surface area (Å²) in [6.07, 6.45) is 4.34. The first kappa shape index (κ1) is 12.5. The minimum Gasteiger partial charge on any atom is -0.294 e. The Labute approximate surface area is 108 Å². The molecule has 0 amide bonds. The molecule has 2 heteroatoms. The van der Waals surface area contributed by atoms with E-state index in [0.717, 1.165) is 23.1 Å². The van der Waals surface area contributed by atoms with E-state index < -0.39 is 0 Å². The van der Waals surface area contributed by atoms with Crippen LogP contribution < -0.4 is 0 Å². The predicted octanol–water partition coefficient (Wildman–Crippen LogP) is 3.49. The Morgan fingerprint density at radius 2 is 1.83 bits per heavy atom. The number of Topliss-reactive ketones (excluding diaryl/α,β-unsaturated/α-hetero) is 1. The van der Waals surface area contributed by atoms with Crippen LogP contribution in [0.4, 0.5) is 0 Å². The molecule has 2 aromatic rings. The normalized spacial score (nSPS) is 10.4. The Bertz CT molecular complexity index is 573. The molecule has 18 heavy (non-hydrogen) atoms. The standard InChI is InChI=1S/C16H17NO/c1-11-8-12(2)16(13(3)18)15(9-11)10-14-4-6-17-7-5-14/h4-9H,10H2,1-3H3. The van der Waals surface area contributed by atoms with Crippen LogP contribution in [-0.2, 0) is 6.42 Å². The summed E-state index contributed by atoms with van der Waals surface area (Å²) in [4.78, 5) is 15.8. The highest BCUT2D eigenvalue weighted by Gasteiger charge is 2.11. The highest BCUT2D eigenvalue weighted by Crippen LogP contribution is 2.20. The third kappa shape index (κ3) is 2.65. The molecule has 0 saturated carbocycles. The van der Waals surface area contributed by atoms with Gasteiger partial charge >= 0.3 is 0 Å². The highest BCUT2D eigenvalue weighted by molar-refractivity contribution is 5.97. The Kier molecular flexibility index (Phi) is 3.56. The van der Waals surface area contributed by atoms with Crippen LogP contribution >= 0.6 is 0 Å². The van der Waals surface area contributed by atoms with Crippen molar-refractivity contribution >= 4 is 5.78 Å². The molecule has 0 fully saturated rings. The van der Waals surface area contributed by atoms with Crippen molar-refractivity contribution in [3.8, 4) is 0 Å². The van der Waals surface area contributed by atoms with Gasteiger partial charge in [0.2, 0.25) is 0 Å². The number of rotatable bonds is 3. The van der Waals surface area contributed by atoms with Gasteiger partial charge in [0.15, 0.2) is 5.78 Å². The lowest BCUT2D eigenvalue weighted by Gasteiger charge is -2.12. The maximum absolute atomic E-state index is 11.8. The summed E-state index contributed by atoms with van der Waals surface area (Å²) >= 11 is 0. The van der Waals surface area contributed by atoms with Gasteiger partial charge in [-0.1, -0.05) is 17.7 Å². The van der Waals surface area contributed by atoms with Crippen molar-refractivity contribution in [2.24, 2.45) is 0 Å². The van der Waals surface area contributed by atoms with Crippen LogP contribution in [0, 0.1) is 13.8 Å². The molecule has 0 unspecified atom stereocenters. The lowest BCUT2D eigenvalue weighted by atomic mass is 9.92. The molecule has 0 saturated heterocycles. The van der Waals surface area contributed by atoms with Gasteiger partial charge in [-0.2, -0.15) is 0 Å². The van der Waals surface area contributed by atoms with E-state index in [4.69, 9.17) is 0 Å². The van der Waals surface area contributed by atoms with Crippen molar-refractivity contribution < 1.29 is 4.79 Å². The van der Waals surface area contributed by atoms with Crippen molar-refractivity contribution in [3.63, 3.8) is 0 Å². The minimum absolute atomic E-state index is 0.136. The summed E-state index contributed by atoms with van der Waals surface area (Å²) in [5, 5.41) is 0. The first-order chi connectivity index (χ1) is 8.58. The van der Waals surface area contributed by atoms with Gasteiger partial charge in [-0.15, -0.1) is 0 Å². The SMILES string of the molecule is CC(=O)c1c(C)cc(C)cc1Cc1ccncc1. The lowest BCUT2D eigenvalue weighted by molar-refractivity contribution is 0.101. The Hall–Kier alpha value is -1.96. The molecule has 0 bridgehead atoms. The molecule has 2 rings (SSSR count). The number of hydrogen-bond donors (Lipinski definition) is 0. The lowest BCUT2D eigenvalue weighted by Crippen LogP contribution is -2.04. The number of carbonyl (C=O) groups is 1. The molecule has 0 N–H and O–H groups in total. The molecular formula is C16H17NO. The van der Waals surface area contributed by atoms with Gasteiger partial charge in [0.1, 0.15) is 0 Å². The van der Waals surface area contributed by atoms with E-state index in [0.29, 0.717) is 0 Å². The fraction of sp³-hybridized carbons (Fsp3) is 0.250. The maximum atomic E-state index is 11.8. The zero-order valence-electron chi connectivity index (χ0n) is 11.0. The van der Waals surface area contributed by atoms with Crippen LogP contribution in [0.25, 0.3) is 0 Å². The van der Waals surface area contributed by atoms with E-state index in [1.54, 1.807) is 19.3 Å². The summed E-state index contributed by atoms with van der Waals surface area (Å²) in [6, 6.07) is 8.14. The molecule has 0 aliphatic rings. The van der Waals surface area contributed by atoms with Gasteiger partial charge in [0, 0.05) is 18.0 Å². The fourth-order valence-corrected chi connectivity index (χ4v) is 2.42. The van der Waals surface area contributed by atoms with Gasteiger partial charge in [-0.05, 0) is 56.0 Å². The Morgan fingerprint density at radius 1 is 1.17 bits per heavy atom. The van der Waals surface area contributed by atoms with Crippen LogP contribution in [0.15, 0.2) is 36.7 Å². The second kappa shape index (κ2) is 5.13. The fourth-order valence-electron chi connectivity index (χ4n) is 2.42. The molecule has 92 valence electrons. The van der Waals surface area contributed by atoms with Crippen molar-refractivity contribution in [3.05, 3.63) is 64.5 Å². The molecule has 0 atom stereocenters. The van der Waals surface area contributed by atoms with Crippen LogP contribution in [0.3, 0.4) is 0 Å². The van der Waals surface area contributed by atoms with E-state index in [1.165, 1.54) is 11.1 Å². The second-order valence-corrected chi connectivity index (χ2v) is 4.70. The second-order valence-electron chi connectivity index (χ2n) is 4.70. The smallest absolute Gasteiger partial charge is 0.160 e. The summed E-state index contributed by atoms with van der Waals surface area (Å²) in [7, 11) is 0. The molecule has 0 spiro atoms. The average Bonchev–Trinajstić information content (AvgIpc) is 2.28. The highest BCUT2D eigenvalue weighted by atomic mass is 16.1. The summed E-state index contributed by atoms with van der Waals surface area (Å²) in [6.45, 7) is 5.69. The number of hydrogen-bond acceptors (Lipinski definition) is 2. The Balaban J connectivity index is 2.46. The molecule has 0 radical (unpaired) electrons. The summed E-state index contributed by atoms with van der Waals surface area (Å²) in [5.41, 5.74) is 5.40. The van der Waals surface area contributed by atoms with Gasteiger partial charge in [-0.25, -0.2) is 0 Å². The average molecular weight is 239 g/mol. The zero-order valence-corrected chi connectivity index (χ0v) is 11.0. The van der Waals surface area contributed by atoms with E-state index in [9.17, 15) is 4.79 Å². The number of ketones is 1. The number of pyridine rings is 1. The molecule has 0 aliphatic heterocycles. The quantitative estimate of drug-likeness (QED) is 0.767. The molecule has 1 aromatic heterocycles. The van der Waals surface area contributed by atoms with Gasteiger partial charge in [-0.3, -0.25) is 9.78 Å². The van der Waals surface area contributed by atoms with E-state index in [2.05, 4.69) is 24.0 Å². The third-order valence-electron chi connectivity index (χ3n) is 3.06. The number of benzene rings is 1. The summed E-state index contributed by atoms with van der Waals surface area (Å²) in [5.74, 6) is 0.136. The van der Waals surface area contributed by atoms with Crippen LogP contribution in [0.2, 0.25) is 0 Å². The van der Waals surface area contributed by atoms with Crippen molar-refractivity contribution in [1.29, 1.82) is 0 Å².